The number of hydrogen-bond acceptors (Lipinski definition) is 2. The number of fused-ring (bicyclic) bond motifs is 1. The van der Waals surface area contributed by atoms with Crippen LogP contribution in [0, 0.1) is 12.8 Å². The highest BCUT2D eigenvalue weighted by Gasteiger charge is 2.31. The lowest BCUT2D eigenvalue weighted by Gasteiger charge is -2.22. The Morgan fingerprint density at radius 3 is 2.50 bits per heavy atom. The van der Waals surface area contributed by atoms with E-state index in [9.17, 15) is 18.0 Å². The molecule has 0 N–H and O–H groups in total. The highest BCUT2D eigenvalue weighted by atomic mass is 35.5. The van der Waals surface area contributed by atoms with Crippen molar-refractivity contribution in [3.05, 3.63) is 67.2 Å². The van der Waals surface area contributed by atoms with E-state index in [1.54, 1.807) is 29.3 Å². The summed E-state index contributed by atoms with van der Waals surface area (Å²) < 4.78 is 43.1. The van der Waals surface area contributed by atoms with Crippen LogP contribution in [0.5, 0.6) is 0 Å². The van der Waals surface area contributed by atoms with Crippen molar-refractivity contribution in [2.24, 2.45) is 13.0 Å². The van der Waals surface area contributed by atoms with Crippen LogP contribution in [0.2, 0.25) is 10.0 Å². The molecule has 1 aliphatic rings. The van der Waals surface area contributed by atoms with Gasteiger partial charge in [0.05, 0.1) is 10.6 Å². The molecular weight excluding hydrogens is 480 g/mol. The molecule has 3 heterocycles. The summed E-state index contributed by atoms with van der Waals surface area (Å²) in [4.78, 5) is 12.9. The van der Waals surface area contributed by atoms with Crippen molar-refractivity contribution < 1.29 is 13.2 Å². The van der Waals surface area contributed by atoms with Gasteiger partial charge in [0.2, 0.25) is 0 Å². The first-order chi connectivity index (χ1) is 15.1. The van der Waals surface area contributed by atoms with Crippen molar-refractivity contribution in [1.82, 2.24) is 9.13 Å². The molecule has 3 nitrogen and oxygen atoms in total. The lowest BCUT2D eigenvalue weighted by Crippen LogP contribution is -2.27. The number of benzene rings is 1. The minimum absolute atomic E-state index is 0.0700. The zero-order chi connectivity index (χ0) is 23.2. The Morgan fingerprint density at radius 2 is 1.84 bits per heavy atom. The molecule has 0 bridgehead atoms. The van der Waals surface area contributed by atoms with E-state index < -0.39 is 11.7 Å². The molecule has 3 aromatic rings. The number of alkyl halides is 3. The van der Waals surface area contributed by atoms with Crippen LogP contribution in [0.15, 0.2) is 29.2 Å². The van der Waals surface area contributed by atoms with E-state index in [0.29, 0.717) is 34.1 Å². The van der Waals surface area contributed by atoms with Crippen molar-refractivity contribution in [2.75, 3.05) is 11.5 Å². The van der Waals surface area contributed by atoms with Gasteiger partial charge >= 0.3 is 6.18 Å². The molecule has 0 amide bonds. The molecule has 4 rings (SSSR count). The van der Waals surface area contributed by atoms with Gasteiger partial charge in [0.15, 0.2) is 0 Å². The fourth-order valence-corrected chi connectivity index (χ4v) is 6.12. The third-order valence-electron chi connectivity index (χ3n) is 6.22. The van der Waals surface area contributed by atoms with Crippen LogP contribution in [-0.2, 0) is 26.2 Å². The standard InChI is InChI=1S/C23H23Cl2F3N2OS/c1-13-7-15(23(26,27)28)8-20-17(13)9-16(29(20)2)10-18-19(24)12-30(22(31)21(18)25)11-14-3-5-32-6-4-14/h7-9,12,14H,3-6,10-11H2,1-2H3. The molecule has 0 atom stereocenters. The van der Waals surface area contributed by atoms with Gasteiger partial charge < -0.3 is 9.13 Å². The topological polar surface area (TPSA) is 26.9 Å². The third-order valence-corrected chi connectivity index (χ3v) is 7.98. The van der Waals surface area contributed by atoms with Gasteiger partial charge in [-0.1, -0.05) is 23.2 Å². The number of hydrogen-bond donors (Lipinski definition) is 0. The molecule has 2 aromatic heterocycles. The lowest BCUT2D eigenvalue weighted by molar-refractivity contribution is -0.137. The minimum atomic E-state index is -4.42. The number of halogens is 5. The quantitative estimate of drug-likeness (QED) is 0.396. The largest absolute Gasteiger partial charge is 0.416 e. The second-order valence-electron chi connectivity index (χ2n) is 8.38. The molecular formula is C23H23Cl2F3N2OS. The van der Waals surface area contributed by atoms with Crippen LogP contribution in [-0.4, -0.2) is 20.6 Å². The molecule has 0 aliphatic carbocycles. The summed E-state index contributed by atoms with van der Waals surface area (Å²) in [6, 6.07) is 4.13. The Balaban J connectivity index is 1.69. The van der Waals surface area contributed by atoms with Crippen molar-refractivity contribution in [3.63, 3.8) is 0 Å². The van der Waals surface area contributed by atoms with Crippen molar-refractivity contribution in [3.8, 4) is 0 Å². The molecule has 1 saturated heterocycles. The van der Waals surface area contributed by atoms with Crippen molar-refractivity contribution in [1.29, 1.82) is 0 Å². The van der Waals surface area contributed by atoms with E-state index in [1.165, 1.54) is 0 Å². The third kappa shape index (κ3) is 4.57. The normalized spacial score (nSPS) is 15.6. The minimum Gasteiger partial charge on any atom is -0.347 e. The average Bonchev–Trinajstić information content (AvgIpc) is 3.06. The highest BCUT2D eigenvalue weighted by molar-refractivity contribution is 7.99. The van der Waals surface area contributed by atoms with Crippen LogP contribution >= 0.6 is 35.0 Å². The molecule has 32 heavy (non-hydrogen) atoms. The average molecular weight is 503 g/mol. The Kier molecular flexibility index (Phi) is 6.63. The van der Waals surface area contributed by atoms with E-state index in [-0.39, 0.29) is 17.0 Å². The van der Waals surface area contributed by atoms with Gasteiger partial charge in [-0.15, -0.1) is 0 Å². The first kappa shape index (κ1) is 23.6. The van der Waals surface area contributed by atoms with Crippen molar-refractivity contribution in [2.45, 2.75) is 38.9 Å². The summed E-state index contributed by atoms with van der Waals surface area (Å²) in [5.74, 6) is 2.61. The maximum Gasteiger partial charge on any atom is 0.416 e. The van der Waals surface area contributed by atoms with E-state index in [2.05, 4.69) is 0 Å². The van der Waals surface area contributed by atoms with Gasteiger partial charge in [-0.25, -0.2) is 0 Å². The summed E-state index contributed by atoms with van der Waals surface area (Å²) in [5, 5.41) is 1.18. The SMILES string of the molecule is Cc1cc(C(F)(F)F)cc2c1cc(Cc1c(Cl)cn(CC3CCSCC3)c(=O)c1Cl)n2C. The second kappa shape index (κ2) is 8.99. The Bertz CT molecular complexity index is 1230. The fraction of sp³-hybridized carbons (Fsp3) is 0.435. The van der Waals surface area contributed by atoms with E-state index >= 15 is 0 Å². The number of rotatable bonds is 4. The number of pyridine rings is 1. The number of aromatic nitrogens is 2. The molecule has 0 spiro atoms. The summed E-state index contributed by atoms with van der Waals surface area (Å²) >= 11 is 14.9. The summed E-state index contributed by atoms with van der Waals surface area (Å²) in [5.41, 5.74) is 1.27. The van der Waals surface area contributed by atoms with Gasteiger partial charge in [0.1, 0.15) is 5.02 Å². The summed E-state index contributed by atoms with van der Waals surface area (Å²) in [7, 11) is 1.71. The number of thioether (sulfide) groups is 1. The smallest absolute Gasteiger partial charge is 0.347 e. The predicted octanol–water partition coefficient (Wildman–Crippen LogP) is 6.71. The molecule has 1 aliphatic heterocycles. The molecule has 1 fully saturated rings. The van der Waals surface area contributed by atoms with E-state index in [0.717, 1.165) is 47.6 Å². The van der Waals surface area contributed by atoms with E-state index in [4.69, 9.17) is 23.2 Å². The summed E-state index contributed by atoms with van der Waals surface area (Å²) in [6.45, 7) is 2.25. The molecule has 0 radical (unpaired) electrons. The predicted molar refractivity (Wildman–Crippen MR) is 126 cm³/mol. The van der Waals surface area contributed by atoms with Crippen LogP contribution in [0.3, 0.4) is 0 Å². The Labute approximate surface area is 198 Å². The van der Waals surface area contributed by atoms with Gasteiger partial charge in [-0.2, -0.15) is 24.9 Å². The first-order valence-electron chi connectivity index (χ1n) is 10.4. The number of aryl methyl sites for hydroxylation is 2. The lowest BCUT2D eigenvalue weighted by atomic mass is 10.0. The van der Waals surface area contributed by atoms with Gasteiger partial charge in [-0.05, 0) is 61.0 Å². The molecule has 172 valence electrons. The Hall–Kier alpha value is -1.57. The van der Waals surface area contributed by atoms with Gasteiger partial charge in [0, 0.05) is 48.4 Å². The van der Waals surface area contributed by atoms with Crippen LogP contribution < -0.4 is 5.56 Å². The zero-order valence-corrected chi connectivity index (χ0v) is 20.1. The maximum atomic E-state index is 13.3. The summed E-state index contributed by atoms with van der Waals surface area (Å²) in [6.07, 6.45) is -0.410. The first-order valence-corrected chi connectivity index (χ1v) is 12.3. The monoisotopic (exact) mass is 502 g/mol. The van der Waals surface area contributed by atoms with Crippen molar-refractivity contribution >= 4 is 45.9 Å². The van der Waals surface area contributed by atoms with Crippen LogP contribution in [0.25, 0.3) is 10.9 Å². The van der Waals surface area contributed by atoms with Gasteiger partial charge in [-0.3, -0.25) is 4.79 Å². The second-order valence-corrected chi connectivity index (χ2v) is 10.4. The van der Waals surface area contributed by atoms with E-state index in [1.807, 2.05) is 17.8 Å². The van der Waals surface area contributed by atoms with Crippen LogP contribution in [0.1, 0.15) is 35.2 Å². The molecule has 0 unspecified atom stereocenters. The molecule has 0 saturated carbocycles. The van der Waals surface area contributed by atoms with Crippen LogP contribution in [0.4, 0.5) is 13.2 Å². The maximum absolute atomic E-state index is 13.3. The zero-order valence-electron chi connectivity index (χ0n) is 17.7. The molecule has 1 aromatic carbocycles. The van der Waals surface area contributed by atoms with Gasteiger partial charge in [0.25, 0.3) is 5.56 Å². The highest BCUT2D eigenvalue weighted by Crippen LogP contribution is 2.35. The fourth-order valence-electron chi connectivity index (χ4n) is 4.32. The molecule has 9 heteroatoms. The number of nitrogens with zero attached hydrogens (tertiary/aromatic N) is 2. The Morgan fingerprint density at radius 1 is 1.16 bits per heavy atom.